The molecule has 0 aliphatic carbocycles. The zero-order valence-electron chi connectivity index (χ0n) is 14.0. The highest BCUT2D eigenvalue weighted by Gasteiger charge is 2.14. The largest absolute Gasteiger partial charge is 0.350 e. The Labute approximate surface area is 155 Å². The van der Waals surface area contributed by atoms with Crippen LogP contribution in [0, 0.1) is 6.92 Å². The quantitative estimate of drug-likeness (QED) is 0.570. The van der Waals surface area contributed by atoms with Crippen LogP contribution < -0.4 is 10.6 Å². The fourth-order valence-corrected chi connectivity index (χ4v) is 2.66. The van der Waals surface area contributed by atoms with E-state index in [0.29, 0.717) is 5.16 Å². The van der Waals surface area contributed by atoms with Crippen molar-refractivity contribution in [2.75, 3.05) is 17.6 Å². The number of nitrogens with one attached hydrogen (secondary N) is 2. The summed E-state index contributed by atoms with van der Waals surface area (Å²) in [4.78, 5) is 32.3. The molecule has 132 valence electrons. The van der Waals surface area contributed by atoms with E-state index >= 15 is 0 Å². The van der Waals surface area contributed by atoms with E-state index in [2.05, 4.69) is 20.6 Å². The molecule has 0 atom stereocenters. The van der Waals surface area contributed by atoms with E-state index in [4.69, 9.17) is 11.6 Å². The summed E-state index contributed by atoms with van der Waals surface area (Å²) in [5, 5.41) is 6.10. The van der Waals surface area contributed by atoms with E-state index in [-0.39, 0.29) is 29.6 Å². The van der Waals surface area contributed by atoms with Crippen molar-refractivity contribution in [1.29, 1.82) is 0 Å². The van der Waals surface area contributed by atoms with Crippen LogP contribution in [0.1, 0.15) is 29.4 Å². The van der Waals surface area contributed by atoms with E-state index in [1.54, 1.807) is 0 Å². The van der Waals surface area contributed by atoms with Crippen molar-refractivity contribution in [1.82, 2.24) is 15.3 Å². The predicted octanol–water partition coefficient (Wildman–Crippen LogP) is 3.31. The third kappa shape index (κ3) is 6.03. The SMILES string of the molecule is CCSc1ncc(Cl)c(C(=O)NCCC(=O)Nc2ccc(C)cc2)n1. The van der Waals surface area contributed by atoms with E-state index < -0.39 is 5.91 Å². The van der Waals surface area contributed by atoms with Crippen molar-refractivity contribution in [3.8, 4) is 0 Å². The highest BCUT2D eigenvalue weighted by atomic mass is 35.5. The summed E-state index contributed by atoms with van der Waals surface area (Å²) in [6.45, 7) is 4.13. The number of thioether (sulfide) groups is 1. The molecule has 0 saturated heterocycles. The summed E-state index contributed by atoms with van der Waals surface area (Å²) in [5.74, 6) is 0.190. The molecule has 0 aliphatic heterocycles. The molecular formula is C17H19ClN4O2S. The molecule has 25 heavy (non-hydrogen) atoms. The summed E-state index contributed by atoms with van der Waals surface area (Å²) in [7, 11) is 0. The van der Waals surface area contributed by atoms with Crippen molar-refractivity contribution in [3.05, 3.63) is 46.7 Å². The Balaban J connectivity index is 1.84. The van der Waals surface area contributed by atoms with Crippen molar-refractivity contribution in [2.45, 2.75) is 25.4 Å². The minimum atomic E-state index is -0.423. The van der Waals surface area contributed by atoms with Gasteiger partial charge in [0.15, 0.2) is 10.9 Å². The lowest BCUT2D eigenvalue weighted by Crippen LogP contribution is -2.28. The monoisotopic (exact) mass is 378 g/mol. The maximum absolute atomic E-state index is 12.2. The van der Waals surface area contributed by atoms with Crippen molar-refractivity contribution in [2.24, 2.45) is 0 Å². The van der Waals surface area contributed by atoms with Crippen LogP contribution >= 0.6 is 23.4 Å². The number of anilines is 1. The number of halogens is 1. The fraction of sp³-hybridized carbons (Fsp3) is 0.294. The normalized spacial score (nSPS) is 10.4. The first kappa shape index (κ1) is 19.2. The second-order valence-electron chi connectivity index (χ2n) is 5.20. The summed E-state index contributed by atoms with van der Waals surface area (Å²) < 4.78 is 0. The smallest absolute Gasteiger partial charge is 0.271 e. The number of hydrogen-bond acceptors (Lipinski definition) is 5. The van der Waals surface area contributed by atoms with Gasteiger partial charge >= 0.3 is 0 Å². The zero-order chi connectivity index (χ0) is 18.2. The molecule has 0 aliphatic rings. The second-order valence-corrected chi connectivity index (χ2v) is 6.84. The molecule has 0 radical (unpaired) electrons. The van der Waals surface area contributed by atoms with E-state index in [1.807, 2.05) is 38.1 Å². The lowest BCUT2D eigenvalue weighted by atomic mass is 10.2. The van der Waals surface area contributed by atoms with Crippen LogP contribution in [0.15, 0.2) is 35.6 Å². The topological polar surface area (TPSA) is 84.0 Å². The second kappa shape index (κ2) is 9.39. The summed E-state index contributed by atoms with van der Waals surface area (Å²) >= 11 is 7.40. The third-order valence-electron chi connectivity index (χ3n) is 3.18. The molecule has 0 fully saturated rings. The molecule has 1 heterocycles. The number of carbonyl (C=O) groups excluding carboxylic acids is 2. The molecule has 0 unspecified atom stereocenters. The number of amides is 2. The molecule has 2 aromatic rings. The molecule has 8 heteroatoms. The minimum Gasteiger partial charge on any atom is -0.350 e. The lowest BCUT2D eigenvalue weighted by Gasteiger charge is -2.08. The molecular weight excluding hydrogens is 360 g/mol. The van der Waals surface area contributed by atoms with Gasteiger partial charge in [0.25, 0.3) is 5.91 Å². The highest BCUT2D eigenvalue weighted by molar-refractivity contribution is 7.99. The summed E-state index contributed by atoms with van der Waals surface area (Å²) in [6, 6.07) is 7.50. The number of nitrogens with zero attached hydrogens (tertiary/aromatic N) is 2. The van der Waals surface area contributed by atoms with Crippen LogP contribution in [-0.2, 0) is 4.79 Å². The van der Waals surface area contributed by atoms with Crippen LogP contribution in [0.25, 0.3) is 0 Å². The first-order valence-corrected chi connectivity index (χ1v) is 9.16. The first-order valence-electron chi connectivity index (χ1n) is 7.79. The molecule has 0 saturated carbocycles. The molecule has 0 spiro atoms. The zero-order valence-corrected chi connectivity index (χ0v) is 15.6. The van der Waals surface area contributed by atoms with Gasteiger partial charge in [-0.3, -0.25) is 9.59 Å². The number of benzene rings is 1. The molecule has 2 N–H and O–H groups in total. The van der Waals surface area contributed by atoms with E-state index in [9.17, 15) is 9.59 Å². The molecule has 0 bridgehead atoms. The van der Waals surface area contributed by atoms with Gasteiger partial charge in [0.05, 0.1) is 11.2 Å². The number of aryl methyl sites for hydroxylation is 1. The Kier molecular flexibility index (Phi) is 7.21. The number of hydrogen-bond donors (Lipinski definition) is 2. The van der Waals surface area contributed by atoms with Crippen LogP contribution in [0.5, 0.6) is 0 Å². The number of carbonyl (C=O) groups is 2. The van der Waals surface area contributed by atoms with Gasteiger partial charge in [0.2, 0.25) is 5.91 Å². The fourth-order valence-electron chi connectivity index (χ4n) is 1.94. The molecule has 2 amide bonds. The minimum absolute atomic E-state index is 0.117. The summed E-state index contributed by atoms with van der Waals surface area (Å²) in [5.41, 5.74) is 1.96. The van der Waals surface area contributed by atoms with Crippen LogP contribution in [0.3, 0.4) is 0 Å². The van der Waals surface area contributed by atoms with Gasteiger partial charge in [-0.15, -0.1) is 0 Å². The van der Waals surface area contributed by atoms with Crippen molar-refractivity contribution < 1.29 is 9.59 Å². The van der Waals surface area contributed by atoms with E-state index in [0.717, 1.165) is 17.0 Å². The van der Waals surface area contributed by atoms with Gasteiger partial charge < -0.3 is 10.6 Å². The maximum atomic E-state index is 12.2. The van der Waals surface area contributed by atoms with Crippen molar-refractivity contribution >= 4 is 40.9 Å². The summed E-state index contributed by atoms with van der Waals surface area (Å²) in [6.07, 6.45) is 1.56. The molecule has 1 aromatic carbocycles. The Hall–Kier alpha value is -2.12. The highest BCUT2D eigenvalue weighted by Crippen LogP contribution is 2.18. The van der Waals surface area contributed by atoms with Gasteiger partial charge in [0.1, 0.15) is 0 Å². The molecule has 1 aromatic heterocycles. The Morgan fingerprint density at radius 3 is 2.64 bits per heavy atom. The first-order chi connectivity index (χ1) is 12.0. The van der Waals surface area contributed by atoms with E-state index in [1.165, 1.54) is 18.0 Å². The maximum Gasteiger partial charge on any atom is 0.271 e. The molecule has 6 nitrogen and oxygen atoms in total. The third-order valence-corrected chi connectivity index (χ3v) is 4.20. The van der Waals surface area contributed by atoms with Gasteiger partial charge in [-0.1, -0.05) is 48.0 Å². The Bertz CT molecular complexity index is 753. The van der Waals surface area contributed by atoms with Gasteiger partial charge in [-0.25, -0.2) is 9.97 Å². The van der Waals surface area contributed by atoms with Gasteiger partial charge in [0, 0.05) is 18.7 Å². The number of rotatable bonds is 7. The predicted molar refractivity (Wildman–Crippen MR) is 100 cm³/mol. The van der Waals surface area contributed by atoms with Crippen LogP contribution in [-0.4, -0.2) is 34.1 Å². The van der Waals surface area contributed by atoms with Crippen molar-refractivity contribution in [3.63, 3.8) is 0 Å². The van der Waals surface area contributed by atoms with Crippen LogP contribution in [0.2, 0.25) is 5.02 Å². The molecule has 2 rings (SSSR count). The van der Waals surface area contributed by atoms with Crippen LogP contribution in [0.4, 0.5) is 5.69 Å². The Morgan fingerprint density at radius 2 is 1.96 bits per heavy atom. The van der Waals surface area contributed by atoms with Gasteiger partial charge in [-0.2, -0.15) is 0 Å². The average Bonchev–Trinajstić information content (AvgIpc) is 2.59. The average molecular weight is 379 g/mol. The number of aromatic nitrogens is 2. The van der Waals surface area contributed by atoms with Gasteiger partial charge in [-0.05, 0) is 24.8 Å². The lowest BCUT2D eigenvalue weighted by molar-refractivity contribution is -0.116. The Morgan fingerprint density at radius 1 is 1.24 bits per heavy atom. The standard InChI is InChI=1S/C17H19ClN4O2S/c1-3-25-17-20-10-13(18)15(22-17)16(24)19-9-8-14(23)21-12-6-4-11(2)5-7-12/h4-7,10H,3,8-9H2,1-2H3,(H,19,24)(H,21,23).